The number of sulfonamides is 1. The molecule has 0 saturated heterocycles. The van der Waals surface area contributed by atoms with Crippen LogP contribution in [-0.2, 0) is 14.8 Å². The van der Waals surface area contributed by atoms with Crippen LogP contribution in [0.4, 0.5) is 24.5 Å². The third-order valence-electron chi connectivity index (χ3n) is 4.74. The van der Waals surface area contributed by atoms with E-state index in [2.05, 4.69) is 10.1 Å². The maximum absolute atomic E-state index is 13.5. The summed E-state index contributed by atoms with van der Waals surface area (Å²) < 4.78 is 74.2. The standard InChI is InChI=1S/C24H23F3N2O5S2/c1-3-33-19-10-6-18(7-11-19)29(36(31,32)22-14-12-21(35-2)13-15-22)16-23(30)28-17-4-8-20(9-5-17)34-24(25,26)27/h4-15H,3,16H2,1-2H3,(H,28,30). The lowest BCUT2D eigenvalue weighted by atomic mass is 10.3. The summed E-state index contributed by atoms with van der Waals surface area (Å²) in [5.41, 5.74) is 0.402. The second-order valence-corrected chi connectivity index (χ2v) is 9.98. The number of benzene rings is 3. The van der Waals surface area contributed by atoms with Gasteiger partial charge in [-0.1, -0.05) is 0 Å². The topological polar surface area (TPSA) is 84.9 Å². The number of anilines is 2. The smallest absolute Gasteiger partial charge is 0.494 e. The Morgan fingerprint density at radius 3 is 2.06 bits per heavy atom. The van der Waals surface area contributed by atoms with Crippen molar-refractivity contribution in [2.75, 3.05) is 29.0 Å². The lowest BCUT2D eigenvalue weighted by molar-refractivity contribution is -0.274. The van der Waals surface area contributed by atoms with Gasteiger partial charge in [0.25, 0.3) is 10.0 Å². The van der Waals surface area contributed by atoms with Crippen LogP contribution in [0.25, 0.3) is 0 Å². The zero-order valence-electron chi connectivity index (χ0n) is 19.3. The van der Waals surface area contributed by atoms with Gasteiger partial charge in [-0.05, 0) is 86.0 Å². The highest BCUT2D eigenvalue weighted by atomic mass is 32.2. The number of thioether (sulfide) groups is 1. The van der Waals surface area contributed by atoms with E-state index in [1.807, 2.05) is 13.2 Å². The van der Waals surface area contributed by atoms with E-state index in [0.29, 0.717) is 12.4 Å². The van der Waals surface area contributed by atoms with Crippen LogP contribution in [0, 0.1) is 0 Å². The Bertz CT molecular complexity index is 1270. The fourth-order valence-electron chi connectivity index (χ4n) is 3.14. The highest BCUT2D eigenvalue weighted by Crippen LogP contribution is 2.28. The van der Waals surface area contributed by atoms with Gasteiger partial charge in [-0.2, -0.15) is 0 Å². The van der Waals surface area contributed by atoms with Crippen LogP contribution >= 0.6 is 11.8 Å². The van der Waals surface area contributed by atoms with E-state index in [0.717, 1.165) is 21.3 Å². The van der Waals surface area contributed by atoms with Crippen molar-refractivity contribution in [3.63, 3.8) is 0 Å². The molecule has 3 rings (SSSR count). The number of halogens is 3. The molecule has 0 atom stereocenters. The van der Waals surface area contributed by atoms with E-state index >= 15 is 0 Å². The van der Waals surface area contributed by atoms with Gasteiger partial charge in [-0.25, -0.2) is 8.42 Å². The molecule has 0 aromatic heterocycles. The first-order chi connectivity index (χ1) is 17.0. The molecule has 0 spiro atoms. The van der Waals surface area contributed by atoms with Gasteiger partial charge in [0.2, 0.25) is 5.91 Å². The number of hydrogen-bond acceptors (Lipinski definition) is 6. The predicted molar refractivity (Wildman–Crippen MR) is 132 cm³/mol. The molecule has 1 amide bonds. The lowest BCUT2D eigenvalue weighted by Gasteiger charge is -2.24. The van der Waals surface area contributed by atoms with Crippen molar-refractivity contribution in [1.29, 1.82) is 0 Å². The fourth-order valence-corrected chi connectivity index (χ4v) is 4.97. The SMILES string of the molecule is CCOc1ccc(N(CC(=O)Nc2ccc(OC(F)(F)F)cc2)S(=O)(=O)c2ccc(SC)cc2)cc1. The molecule has 7 nitrogen and oxygen atoms in total. The van der Waals surface area contributed by atoms with Gasteiger partial charge >= 0.3 is 6.36 Å². The molecule has 36 heavy (non-hydrogen) atoms. The molecule has 0 bridgehead atoms. The highest BCUT2D eigenvalue weighted by Gasteiger charge is 2.31. The summed E-state index contributed by atoms with van der Waals surface area (Å²) in [4.78, 5) is 13.7. The molecule has 3 aromatic rings. The molecule has 0 aliphatic heterocycles. The Morgan fingerprint density at radius 1 is 0.944 bits per heavy atom. The first-order valence-electron chi connectivity index (χ1n) is 10.6. The third kappa shape index (κ3) is 7.31. The maximum atomic E-state index is 13.5. The second kappa shape index (κ2) is 11.6. The molecule has 0 heterocycles. The number of hydrogen-bond donors (Lipinski definition) is 1. The van der Waals surface area contributed by atoms with Gasteiger partial charge in [-0.3, -0.25) is 9.10 Å². The van der Waals surface area contributed by atoms with Crippen LogP contribution in [0.1, 0.15) is 6.92 Å². The maximum Gasteiger partial charge on any atom is 0.573 e. The lowest BCUT2D eigenvalue weighted by Crippen LogP contribution is -2.38. The highest BCUT2D eigenvalue weighted by molar-refractivity contribution is 7.98. The number of rotatable bonds is 10. The number of carbonyl (C=O) groups excluding carboxylic acids is 1. The van der Waals surface area contributed by atoms with Gasteiger partial charge < -0.3 is 14.8 Å². The number of ether oxygens (including phenoxy) is 2. The van der Waals surface area contributed by atoms with E-state index in [4.69, 9.17) is 4.74 Å². The largest absolute Gasteiger partial charge is 0.573 e. The monoisotopic (exact) mass is 540 g/mol. The molecule has 0 saturated carbocycles. The normalized spacial score (nSPS) is 11.6. The van der Waals surface area contributed by atoms with E-state index in [1.54, 1.807) is 24.3 Å². The van der Waals surface area contributed by atoms with Crippen molar-refractivity contribution >= 4 is 39.1 Å². The van der Waals surface area contributed by atoms with Gasteiger partial charge in [0, 0.05) is 10.6 Å². The van der Waals surface area contributed by atoms with Crippen LogP contribution in [0.15, 0.2) is 82.6 Å². The van der Waals surface area contributed by atoms with Crippen LogP contribution in [0.2, 0.25) is 0 Å². The van der Waals surface area contributed by atoms with Gasteiger partial charge in [0.1, 0.15) is 18.0 Å². The van der Waals surface area contributed by atoms with Crippen molar-refractivity contribution in [1.82, 2.24) is 0 Å². The van der Waals surface area contributed by atoms with Crippen molar-refractivity contribution in [2.24, 2.45) is 0 Å². The van der Waals surface area contributed by atoms with E-state index < -0.39 is 34.6 Å². The minimum atomic E-state index is -4.84. The van der Waals surface area contributed by atoms with Gasteiger partial charge in [0.05, 0.1) is 17.2 Å². The third-order valence-corrected chi connectivity index (χ3v) is 7.27. The minimum Gasteiger partial charge on any atom is -0.494 e. The minimum absolute atomic E-state index is 0.00404. The Kier molecular flexibility index (Phi) is 8.75. The summed E-state index contributed by atoms with van der Waals surface area (Å²) in [6, 6.07) is 17.0. The van der Waals surface area contributed by atoms with Crippen molar-refractivity contribution < 1.29 is 35.9 Å². The Hall–Kier alpha value is -3.38. The molecule has 0 aliphatic rings. The Morgan fingerprint density at radius 2 is 1.53 bits per heavy atom. The number of amides is 1. The van der Waals surface area contributed by atoms with E-state index in [-0.39, 0.29) is 16.3 Å². The molecule has 1 N–H and O–H groups in total. The van der Waals surface area contributed by atoms with Crippen LogP contribution in [0.3, 0.4) is 0 Å². The number of nitrogens with one attached hydrogen (secondary N) is 1. The molecule has 192 valence electrons. The Balaban J connectivity index is 1.85. The number of carbonyl (C=O) groups is 1. The molecule has 0 radical (unpaired) electrons. The summed E-state index contributed by atoms with van der Waals surface area (Å²) >= 11 is 1.46. The molecular formula is C24H23F3N2O5S2. The summed E-state index contributed by atoms with van der Waals surface area (Å²) in [7, 11) is -4.14. The first-order valence-corrected chi connectivity index (χ1v) is 13.2. The predicted octanol–water partition coefficient (Wildman–Crippen LogP) is 5.54. The first kappa shape index (κ1) is 27.2. The second-order valence-electron chi connectivity index (χ2n) is 7.23. The van der Waals surface area contributed by atoms with Crippen molar-refractivity contribution in [3.05, 3.63) is 72.8 Å². The van der Waals surface area contributed by atoms with Crippen LogP contribution < -0.4 is 19.1 Å². The number of nitrogens with zero attached hydrogens (tertiary/aromatic N) is 1. The molecule has 0 fully saturated rings. The van der Waals surface area contributed by atoms with E-state index in [9.17, 15) is 26.4 Å². The zero-order valence-corrected chi connectivity index (χ0v) is 20.9. The van der Waals surface area contributed by atoms with Gasteiger partial charge in [-0.15, -0.1) is 24.9 Å². The summed E-state index contributed by atoms with van der Waals surface area (Å²) in [5, 5.41) is 2.50. The average molecular weight is 541 g/mol. The molecule has 0 aliphatic carbocycles. The number of alkyl halides is 3. The molecule has 12 heteroatoms. The molecule has 0 unspecified atom stereocenters. The summed E-state index contributed by atoms with van der Waals surface area (Å²) in [6.45, 7) is 1.66. The van der Waals surface area contributed by atoms with Crippen molar-refractivity contribution in [2.45, 2.75) is 23.1 Å². The fraction of sp³-hybridized carbons (Fsp3) is 0.208. The summed E-state index contributed by atoms with van der Waals surface area (Å²) in [5.74, 6) is -0.612. The van der Waals surface area contributed by atoms with Crippen LogP contribution in [0.5, 0.6) is 11.5 Å². The van der Waals surface area contributed by atoms with Crippen molar-refractivity contribution in [3.8, 4) is 11.5 Å². The molecular weight excluding hydrogens is 517 g/mol. The molecule has 3 aromatic carbocycles. The zero-order chi connectivity index (χ0) is 26.3. The van der Waals surface area contributed by atoms with Gasteiger partial charge in [0.15, 0.2) is 0 Å². The van der Waals surface area contributed by atoms with Crippen LogP contribution in [-0.4, -0.2) is 40.1 Å². The quantitative estimate of drug-likeness (QED) is 0.340. The Labute approximate surface area is 211 Å². The average Bonchev–Trinajstić information content (AvgIpc) is 2.84. The van der Waals surface area contributed by atoms with E-state index in [1.165, 1.54) is 48.2 Å². The summed E-state index contributed by atoms with van der Waals surface area (Å²) in [6.07, 6.45) is -2.98.